The van der Waals surface area contributed by atoms with E-state index in [9.17, 15) is 0 Å². The number of nitrogens with zero attached hydrogens (tertiary/aromatic N) is 2. The molecule has 0 saturated heterocycles. The molecule has 2 heterocycles. The molecular weight excluding hydrogens is 200 g/mol. The quantitative estimate of drug-likeness (QED) is 0.716. The average molecular weight is 210 g/mol. The first-order valence-electron chi connectivity index (χ1n) is 3.99. The second-order valence-electron chi connectivity index (χ2n) is 2.93. The lowest BCUT2D eigenvalue weighted by molar-refractivity contribution is 0.506. The van der Waals surface area contributed by atoms with E-state index in [4.69, 9.17) is 0 Å². The summed E-state index contributed by atoms with van der Waals surface area (Å²) < 4.78 is 0.822. The van der Waals surface area contributed by atoms with Crippen LogP contribution in [-0.2, 0) is 0 Å². The summed E-state index contributed by atoms with van der Waals surface area (Å²) in [6, 6.07) is 0. The summed E-state index contributed by atoms with van der Waals surface area (Å²) in [6.45, 7) is 0.950. The zero-order valence-corrected chi connectivity index (χ0v) is 8.98. The number of aromatic nitrogens is 1. The summed E-state index contributed by atoms with van der Waals surface area (Å²) in [6.07, 6.45) is 6.31. The van der Waals surface area contributed by atoms with E-state index in [1.165, 1.54) is 5.57 Å². The Balaban J connectivity index is 2.24. The molecule has 0 fully saturated rings. The first-order valence-corrected chi connectivity index (χ1v) is 5.32. The maximum absolute atomic E-state index is 4.30. The standard InChI is InChI=1S/C9H10N2S2/c1-11-4-2-7(3-5-11)8-6-13-9(12)10-8/h2-4,6H,5H2,1H3,(H,10,12). The monoisotopic (exact) mass is 210 g/mol. The number of allylic oxidation sites excluding steroid dienone is 2. The Morgan fingerprint density at radius 2 is 2.46 bits per heavy atom. The van der Waals surface area contributed by atoms with Crippen molar-refractivity contribution in [2.24, 2.45) is 0 Å². The smallest absolute Gasteiger partial charge is 0.147 e. The number of rotatable bonds is 1. The highest BCUT2D eigenvalue weighted by molar-refractivity contribution is 7.82. The van der Waals surface area contributed by atoms with E-state index in [0.29, 0.717) is 0 Å². The van der Waals surface area contributed by atoms with Gasteiger partial charge in [-0.2, -0.15) is 0 Å². The molecule has 0 unspecified atom stereocenters. The van der Waals surface area contributed by atoms with Crippen molar-refractivity contribution in [1.29, 1.82) is 0 Å². The Morgan fingerprint density at radius 1 is 1.62 bits per heavy atom. The van der Waals surface area contributed by atoms with E-state index in [1.807, 2.05) is 5.38 Å². The fourth-order valence-corrected chi connectivity index (χ4v) is 1.99. The van der Waals surface area contributed by atoms with Gasteiger partial charge in [0, 0.05) is 24.5 Å². The maximum Gasteiger partial charge on any atom is 0.147 e. The Morgan fingerprint density at radius 3 is 3.00 bits per heavy atom. The molecule has 13 heavy (non-hydrogen) atoms. The molecule has 0 N–H and O–H groups in total. The first kappa shape index (κ1) is 8.84. The topological polar surface area (TPSA) is 16.1 Å². The van der Waals surface area contributed by atoms with Gasteiger partial charge in [-0.25, -0.2) is 4.98 Å². The predicted molar refractivity (Wildman–Crippen MR) is 59.1 cm³/mol. The zero-order valence-electron chi connectivity index (χ0n) is 7.27. The van der Waals surface area contributed by atoms with Gasteiger partial charge in [0.05, 0.1) is 5.69 Å². The van der Waals surface area contributed by atoms with Crippen molar-refractivity contribution in [3.8, 4) is 0 Å². The van der Waals surface area contributed by atoms with Gasteiger partial charge in [-0.05, 0) is 12.3 Å². The van der Waals surface area contributed by atoms with Gasteiger partial charge in [-0.15, -0.1) is 24.0 Å². The number of likely N-dealkylation sites (N-methyl/N-ethyl adjacent to an activating group) is 1. The first-order chi connectivity index (χ1) is 6.25. The van der Waals surface area contributed by atoms with Crippen LogP contribution < -0.4 is 0 Å². The van der Waals surface area contributed by atoms with Gasteiger partial charge in [0.2, 0.25) is 0 Å². The minimum absolute atomic E-state index is 0.822. The third-order valence-electron chi connectivity index (χ3n) is 1.90. The highest BCUT2D eigenvalue weighted by atomic mass is 32.2. The van der Waals surface area contributed by atoms with Crippen molar-refractivity contribution in [3.63, 3.8) is 0 Å². The van der Waals surface area contributed by atoms with Crippen LogP contribution in [0.2, 0.25) is 0 Å². The van der Waals surface area contributed by atoms with Gasteiger partial charge >= 0.3 is 0 Å². The molecule has 0 radical (unpaired) electrons. The van der Waals surface area contributed by atoms with E-state index >= 15 is 0 Å². The molecular formula is C9H10N2S2. The van der Waals surface area contributed by atoms with E-state index in [-0.39, 0.29) is 0 Å². The van der Waals surface area contributed by atoms with Crippen LogP contribution in [0.3, 0.4) is 0 Å². The Bertz CT molecular complexity index is 365. The summed E-state index contributed by atoms with van der Waals surface area (Å²) >= 11 is 5.75. The molecule has 0 aromatic carbocycles. The highest BCUT2D eigenvalue weighted by Gasteiger charge is 2.06. The third-order valence-corrected chi connectivity index (χ3v) is 2.96. The van der Waals surface area contributed by atoms with Crippen LogP contribution in [0, 0.1) is 0 Å². The molecule has 0 saturated carbocycles. The van der Waals surface area contributed by atoms with Crippen LogP contribution in [0.4, 0.5) is 0 Å². The molecule has 0 spiro atoms. The Hall–Kier alpha value is -0.740. The summed E-state index contributed by atoms with van der Waals surface area (Å²) in [5.74, 6) is 0. The lowest BCUT2D eigenvalue weighted by Crippen LogP contribution is -2.13. The van der Waals surface area contributed by atoms with Gasteiger partial charge in [0.25, 0.3) is 0 Å². The molecule has 4 heteroatoms. The number of hydrogen-bond donors (Lipinski definition) is 1. The van der Waals surface area contributed by atoms with Crippen molar-refractivity contribution < 1.29 is 0 Å². The number of hydrogen-bond acceptors (Lipinski definition) is 4. The summed E-state index contributed by atoms with van der Waals surface area (Å²) in [4.78, 5) is 6.43. The number of thiazole rings is 1. The molecule has 1 aromatic heterocycles. The van der Waals surface area contributed by atoms with E-state index in [1.54, 1.807) is 11.3 Å². The normalized spacial score (nSPS) is 16.2. The van der Waals surface area contributed by atoms with Gasteiger partial charge in [-0.3, -0.25) is 0 Å². The predicted octanol–water partition coefficient (Wildman–Crippen LogP) is 2.27. The molecule has 2 nitrogen and oxygen atoms in total. The van der Waals surface area contributed by atoms with Crippen LogP contribution in [0.1, 0.15) is 5.69 Å². The van der Waals surface area contributed by atoms with Gasteiger partial charge in [0.1, 0.15) is 4.34 Å². The molecule has 0 bridgehead atoms. The van der Waals surface area contributed by atoms with Crippen LogP contribution in [0.15, 0.2) is 28.1 Å². The lowest BCUT2D eigenvalue weighted by atomic mass is 10.1. The van der Waals surface area contributed by atoms with Gasteiger partial charge < -0.3 is 4.90 Å². The van der Waals surface area contributed by atoms with Crippen LogP contribution in [-0.4, -0.2) is 23.5 Å². The zero-order chi connectivity index (χ0) is 9.26. The lowest BCUT2D eigenvalue weighted by Gasteiger charge is -2.15. The highest BCUT2D eigenvalue weighted by Crippen LogP contribution is 2.22. The van der Waals surface area contributed by atoms with Gasteiger partial charge in [0.15, 0.2) is 0 Å². The summed E-state index contributed by atoms with van der Waals surface area (Å²) in [7, 11) is 2.05. The number of thiol groups is 1. The molecule has 1 aliphatic heterocycles. The van der Waals surface area contributed by atoms with E-state index < -0.39 is 0 Å². The van der Waals surface area contributed by atoms with Crippen molar-refractivity contribution in [2.75, 3.05) is 13.6 Å². The van der Waals surface area contributed by atoms with Gasteiger partial charge in [-0.1, -0.05) is 6.08 Å². The van der Waals surface area contributed by atoms with Crippen molar-refractivity contribution in [2.45, 2.75) is 4.34 Å². The Kier molecular flexibility index (Phi) is 2.42. The Labute approximate surface area is 87.0 Å². The molecule has 1 aromatic rings. The molecule has 0 aliphatic carbocycles. The van der Waals surface area contributed by atoms with E-state index in [2.05, 4.69) is 47.9 Å². The molecule has 68 valence electrons. The van der Waals surface area contributed by atoms with Crippen LogP contribution in [0.25, 0.3) is 5.57 Å². The minimum Gasteiger partial charge on any atom is -0.377 e. The molecule has 0 atom stereocenters. The minimum atomic E-state index is 0.822. The summed E-state index contributed by atoms with van der Waals surface area (Å²) in [5.41, 5.74) is 2.22. The third kappa shape index (κ3) is 1.95. The molecule has 1 aliphatic rings. The largest absolute Gasteiger partial charge is 0.377 e. The molecule has 2 rings (SSSR count). The fraction of sp³-hybridized carbons (Fsp3) is 0.222. The van der Waals surface area contributed by atoms with Crippen molar-refractivity contribution >= 4 is 29.5 Å². The van der Waals surface area contributed by atoms with E-state index in [0.717, 1.165) is 16.6 Å². The SMILES string of the molecule is CN1C=CC(c2csc(S)n2)=CC1. The fourth-order valence-electron chi connectivity index (χ4n) is 1.17. The van der Waals surface area contributed by atoms with Crippen LogP contribution >= 0.6 is 24.0 Å². The average Bonchev–Trinajstić information content (AvgIpc) is 2.53. The second kappa shape index (κ2) is 3.55. The molecule has 0 amide bonds. The van der Waals surface area contributed by atoms with Crippen LogP contribution in [0.5, 0.6) is 0 Å². The summed E-state index contributed by atoms with van der Waals surface area (Å²) in [5, 5.41) is 2.03. The van der Waals surface area contributed by atoms with Crippen molar-refractivity contribution in [1.82, 2.24) is 9.88 Å². The van der Waals surface area contributed by atoms with Crippen molar-refractivity contribution in [3.05, 3.63) is 29.4 Å². The maximum atomic E-state index is 4.30. The second-order valence-corrected chi connectivity index (χ2v) is 4.51.